The highest BCUT2D eigenvalue weighted by molar-refractivity contribution is 5.85. The summed E-state index contributed by atoms with van der Waals surface area (Å²) in [6, 6.07) is 0. The smallest absolute Gasteiger partial charge is 0.302 e. The largest absolute Gasteiger partial charge is 0.461 e. The number of halogens is 1. The molecule has 0 radical (unpaired) electrons. The first kappa shape index (κ1) is 10.7. The van der Waals surface area contributed by atoms with Crippen molar-refractivity contribution in [3.05, 3.63) is 0 Å². The van der Waals surface area contributed by atoms with Crippen molar-refractivity contribution in [3.8, 4) is 0 Å². The summed E-state index contributed by atoms with van der Waals surface area (Å²) in [5, 5.41) is 3.16. The Bertz CT molecular complexity index is 124. The molecular formula is C7H14ClNO2. The first-order valence-corrected chi connectivity index (χ1v) is 3.67. The summed E-state index contributed by atoms with van der Waals surface area (Å²) in [5.41, 5.74) is 0. The zero-order valence-corrected chi connectivity index (χ0v) is 7.45. The topological polar surface area (TPSA) is 38.3 Å². The van der Waals surface area contributed by atoms with Crippen molar-refractivity contribution in [1.82, 2.24) is 5.32 Å². The molecule has 1 saturated heterocycles. The van der Waals surface area contributed by atoms with E-state index in [1.807, 2.05) is 0 Å². The van der Waals surface area contributed by atoms with Crippen molar-refractivity contribution in [2.75, 3.05) is 13.1 Å². The van der Waals surface area contributed by atoms with Gasteiger partial charge in [0.15, 0.2) is 0 Å². The maximum absolute atomic E-state index is 10.5. The number of nitrogens with one attached hydrogen (secondary N) is 1. The minimum atomic E-state index is -0.172. The molecule has 1 rings (SSSR count). The molecule has 0 aliphatic carbocycles. The van der Waals surface area contributed by atoms with Crippen LogP contribution in [0.3, 0.4) is 0 Å². The van der Waals surface area contributed by atoms with Gasteiger partial charge in [0.1, 0.15) is 6.10 Å². The molecular weight excluding hydrogens is 166 g/mol. The first-order chi connectivity index (χ1) is 4.79. The molecule has 0 unspecified atom stereocenters. The highest BCUT2D eigenvalue weighted by atomic mass is 35.5. The molecule has 1 heterocycles. The minimum Gasteiger partial charge on any atom is -0.461 e. The van der Waals surface area contributed by atoms with Crippen LogP contribution in [0.5, 0.6) is 0 Å². The van der Waals surface area contributed by atoms with Gasteiger partial charge in [-0.05, 0) is 19.4 Å². The molecule has 66 valence electrons. The van der Waals surface area contributed by atoms with Crippen molar-refractivity contribution in [1.29, 1.82) is 0 Å². The van der Waals surface area contributed by atoms with E-state index in [-0.39, 0.29) is 24.5 Å². The molecule has 11 heavy (non-hydrogen) atoms. The summed E-state index contributed by atoms with van der Waals surface area (Å²) in [6.07, 6.45) is 2.23. The number of rotatable bonds is 1. The minimum absolute atomic E-state index is 0. The second kappa shape index (κ2) is 5.38. The summed E-state index contributed by atoms with van der Waals surface area (Å²) < 4.78 is 4.99. The van der Waals surface area contributed by atoms with Crippen molar-refractivity contribution < 1.29 is 9.53 Å². The van der Waals surface area contributed by atoms with Gasteiger partial charge in [-0.15, -0.1) is 12.4 Å². The van der Waals surface area contributed by atoms with Crippen molar-refractivity contribution in [2.24, 2.45) is 0 Å². The Balaban J connectivity index is 0.000001000. The van der Waals surface area contributed by atoms with E-state index in [1.54, 1.807) is 0 Å². The van der Waals surface area contributed by atoms with E-state index in [4.69, 9.17) is 4.74 Å². The van der Waals surface area contributed by atoms with Gasteiger partial charge in [-0.3, -0.25) is 4.79 Å². The fourth-order valence-electron chi connectivity index (χ4n) is 1.16. The average molecular weight is 180 g/mol. The van der Waals surface area contributed by atoms with E-state index in [0.29, 0.717) is 0 Å². The lowest BCUT2D eigenvalue weighted by atomic mass is 10.1. The Kier molecular flexibility index (Phi) is 5.24. The van der Waals surface area contributed by atoms with Crippen LogP contribution in [0.4, 0.5) is 0 Å². The summed E-state index contributed by atoms with van der Waals surface area (Å²) in [4.78, 5) is 10.5. The van der Waals surface area contributed by atoms with Crippen LogP contribution in [0.2, 0.25) is 0 Å². The van der Waals surface area contributed by atoms with Crippen LogP contribution < -0.4 is 5.32 Å². The van der Waals surface area contributed by atoms with E-state index in [2.05, 4.69) is 5.32 Å². The molecule has 1 atom stereocenters. The average Bonchev–Trinajstić information content (AvgIpc) is 1.88. The van der Waals surface area contributed by atoms with Crippen LogP contribution >= 0.6 is 12.4 Å². The molecule has 0 spiro atoms. The molecule has 3 nitrogen and oxygen atoms in total. The van der Waals surface area contributed by atoms with E-state index < -0.39 is 0 Å². The molecule has 0 aromatic carbocycles. The van der Waals surface area contributed by atoms with Gasteiger partial charge >= 0.3 is 5.97 Å². The van der Waals surface area contributed by atoms with Gasteiger partial charge in [0.2, 0.25) is 0 Å². The van der Waals surface area contributed by atoms with Gasteiger partial charge in [0.25, 0.3) is 0 Å². The SMILES string of the molecule is CC(=O)O[C@H]1CCCNC1.Cl. The molecule has 0 saturated carbocycles. The highest BCUT2D eigenvalue weighted by Gasteiger charge is 2.14. The van der Waals surface area contributed by atoms with E-state index in [0.717, 1.165) is 25.9 Å². The van der Waals surface area contributed by atoms with Crippen LogP contribution in [0, 0.1) is 0 Å². The van der Waals surface area contributed by atoms with Crippen LogP contribution in [0.1, 0.15) is 19.8 Å². The van der Waals surface area contributed by atoms with E-state index in [1.165, 1.54) is 6.92 Å². The van der Waals surface area contributed by atoms with Gasteiger partial charge in [-0.25, -0.2) is 0 Å². The Morgan fingerprint density at radius 3 is 2.82 bits per heavy atom. The Morgan fingerprint density at radius 1 is 1.64 bits per heavy atom. The number of hydrogen-bond donors (Lipinski definition) is 1. The number of piperidine rings is 1. The van der Waals surface area contributed by atoms with Crippen LogP contribution in [0.25, 0.3) is 0 Å². The monoisotopic (exact) mass is 179 g/mol. The molecule has 0 aromatic heterocycles. The Labute approximate surface area is 72.9 Å². The molecule has 0 aromatic rings. The zero-order valence-electron chi connectivity index (χ0n) is 6.63. The first-order valence-electron chi connectivity index (χ1n) is 3.67. The molecule has 0 bridgehead atoms. The van der Waals surface area contributed by atoms with Crippen molar-refractivity contribution >= 4 is 18.4 Å². The van der Waals surface area contributed by atoms with Crippen LogP contribution in [0.15, 0.2) is 0 Å². The van der Waals surface area contributed by atoms with Gasteiger partial charge in [-0.2, -0.15) is 0 Å². The predicted octanol–water partition coefficient (Wildman–Crippen LogP) is 0.723. The van der Waals surface area contributed by atoms with Crippen LogP contribution in [-0.2, 0) is 9.53 Å². The van der Waals surface area contributed by atoms with Gasteiger partial charge in [0, 0.05) is 13.5 Å². The van der Waals surface area contributed by atoms with Crippen molar-refractivity contribution in [2.45, 2.75) is 25.9 Å². The fraction of sp³-hybridized carbons (Fsp3) is 0.857. The maximum atomic E-state index is 10.5. The third-order valence-electron chi connectivity index (χ3n) is 1.58. The van der Waals surface area contributed by atoms with Gasteiger partial charge < -0.3 is 10.1 Å². The summed E-state index contributed by atoms with van der Waals surface area (Å²) in [5.74, 6) is -0.172. The van der Waals surface area contributed by atoms with Gasteiger partial charge in [0.05, 0.1) is 0 Å². The van der Waals surface area contributed by atoms with Crippen LogP contribution in [-0.4, -0.2) is 25.2 Å². The van der Waals surface area contributed by atoms with Gasteiger partial charge in [-0.1, -0.05) is 0 Å². The molecule has 0 amide bonds. The number of carbonyl (C=O) groups is 1. The molecule has 1 aliphatic heterocycles. The summed E-state index contributed by atoms with van der Waals surface area (Å²) in [7, 11) is 0. The zero-order chi connectivity index (χ0) is 7.40. The second-order valence-corrected chi connectivity index (χ2v) is 2.58. The lowest BCUT2D eigenvalue weighted by Gasteiger charge is -2.21. The normalized spacial score (nSPS) is 23.5. The predicted molar refractivity (Wildman–Crippen MR) is 44.9 cm³/mol. The molecule has 1 fully saturated rings. The number of ether oxygens (including phenoxy) is 1. The second-order valence-electron chi connectivity index (χ2n) is 2.58. The third-order valence-corrected chi connectivity index (χ3v) is 1.58. The summed E-state index contributed by atoms with van der Waals surface area (Å²) in [6.45, 7) is 3.33. The van der Waals surface area contributed by atoms with E-state index >= 15 is 0 Å². The Hall–Kier alpha value is -0.280. The number of carbonyl (C=O) groups excluding carboxylic acids is 1. The third kappa shape index (κ3) is 4.22. The van der Waals surface area contributed by atoms with Crippen molar-refractivity contribution in [3.63, 3.8) is 0 Å². The fourth-order valence-corrected chi connectivity index (χ4v) is 1.16. The molecule has 1 aliphatic rings. The lowest BCUT2D eigenvalue weighted by molar-refractivity contribution is -0.146. The lowest BCUT2D eigenvalue weighted by Crippen LogP contribution is -2.36. The Morgan fingerprint density at radius 2 is 2.36 bits per heavy atom. The number of esters is 1. The highest BCUT2D eigenvalue weighted by Crippen LogP contribution is 2.05. The number of hydrogen-bond acceptors (Lipinski definition) is 3. The standard InChI is InChI=1S/C7H13NO2.ClH/c1-6(9)10-7-3-2-4-8-5-7;/h7-8H,2-5H2,1H3;1H/t7-;/m0./s1. The molecule has 1 N–H and O–H groups in total. The van der Waals surface area contributed by atoms with E-state index in [9.17, 15) is 4.79 Å². The quantitative estimate of drug-likeness (QED) is 0.603. The summed E-state index contributed by atoms with van der Waals surface area (Å²) >= 11 is 0. The maximum Gasteiger partial charge on any atom is 0.302 e. The molecule has 4 heteroatoms.